The van der Waals surface area contributed by atoms with Gasteiger partial charge in [0.05, 0.1) is 13.0 Å². The molecule has 4 nitrogen and oxygen atoms in total. The molecular formula is C7H10N2O2. The molecule has 0 bridgehead atoms. The maximum absolute atomic E-state index is 10.8. The molecule has 0 heterocycles. The first kappa shape index (κ1) is 9.59. The van der Waals surface area contributed by atoms with Gasteiger partial charge in [-0.15, -0.1) is 6.58 Å². The van der Waals surface area contributed by atoms with Gasteiger partial charge in [-0.05, 0) is 6.92 Å². The Morgan fingerprint density at radius 3 is 2.82 bits per heavy atom. The van der Waals surface area contributed by atoms with Crippen molar-refractivity contribution in [2.75, 3.05) is 6.61 Å². The Kier molecular flexibility index (Phi) is 4.69. The topological polar surface area (TPSA) is 62.7 Å². The molecule has 0 radical (unpaired) electrons. The van der Waals surface area contributed by atoms with E-state index < -0.39 is 5.97 Å². The van der Waals surface area contributed by atoms with Gasteiger partial charge in [0.1, 0.15) is 0 Å². The lowest BCUT2D eigenvalue weighted by molar-refractivity contribution is -0.140. The van der Waals surface area contributed by atoms with E-state index in [0.717, 1.165) is 0 Å². The molecule has 0 N–H and O–H groups in total. The largest absolute Gasteiger partial charge is 0.457 e. The fraction of sp³-hybridized carbons (Fsp3) is 0.429. The first-order chi connectivity index (χ1) is 5.26. The monoisotopic (exact) mass is 154 g/mol. The third-order valence-electron chi connectivity index (χ3n) is 0.969. The number of esters is 1. The maximum Gasteiger partial charge on any atom is 0.417 e. The van der Waals surface area contributed by atoms with E-state index in [2.05, 4.69) is 16.1 Å². The predicted molar refractivity (Wildman–Crippen MR) is 40.1 cm³/mol. The summed E-state index contributed by atoms with van der Waals surface area (Å²) in [7, 11) is 0. The van der Waals surface area contributed by atoms with E-state index in [4.69, 9.17) is 5.53 Å². The molecule has 0 saturated heterocycles. The third kappa shape index (κ3) is 3.33. The van der Waals surface area contributed by atoms with Gasteiger partial charge in [-0.25, -0.2) is 4.79 Å². The second-order valence-electron chi connectivity index (χ2n) is 1.76. The van der Waals surface area contributed by atoms with Gasteiger partial charge >= 0.3 is 11.7 Å². The Bertz CT molecular complexity index is 204. The summed E-state index contributed by atoms with van der Waals surface area (Å²) in [6.07, 6.45) is 1.68. The molecule has 0 aliphatic carbocycles. The van der Waals surface area contributed by atoms with Gasteiger partial charge in [0, 0.05) is 0 Å². The van der Waals surface area contributed by atoms with Gasteiger partial charge in [-0.1, -0.05) is 6.08 Å². The van der Waals surface area contributed by atoms with E-state index >= 15 is 0 Å². The number of carbonyl (C=O) groups excluding carboxylic acids is 1. The van der Waals surface area contributed by atoms with E-state index in [0.29, 0.717) is 0 Å². The molecule has 0 aromatic carbocycles. The molecule has 0 rings (SSSR count). The molecule has 60 valence electrons. The molecular weight excluding hydrogens is 144 g/mol. The number of carbonyl (C=O) groups is 1. The number of allylic oxidation sites excluding steroid dienone is 1. The van der Waals surface area contributed by atoms with Crippen molar-refractivity contribution in [3.63, 3.8) is 0 Å². The van der Waals surface area contributed by atoms with Crippen LogP contribution in [0.1, 0.15) is 13.3 Å². The minimum absolute atomic E-state index is 0.0261. The summed E-state index contributed by atoms with van der Waals surface area (Å²) in [5, 5.41) is 0. The molecule has 0 aliphatic heterocycles. The minimum atomic E-state index is -0.602. The van der Waals surface area contributed by atoms with Crippen LogP contribution < -0.4 is 0 Å². The summed E-state index contributed by atoms with van der Waals surface area (Å²) in [4.78, 5) is 13.6. The predicted octanol–water partition coefficient (Wildman–Crippen LogP) is 0.796. The number of rotatable bonds is 4. The molecule has 0 aromatic heterocycles. The zero-order chi connectivity index (χ0) is 8.69. The van der Waals surface area contributed by atoms with Crippen LogP contribution in [0.5, 0.6) is 0 Å². The van der Waals surface area contributed by atoms with Crippen molar-refractivity contribution >= 4 is 11.7 Å². The maximum atomic E-state index is 10.8. The second kappa shape index (κ2) is 5.38. The average molecular weight is 154 g/mol. The van der Waals surface area contributed by atoms with Crippen LogP contribution in [-0.2, 0) is 9.53 Å². The van der Waals surface area contributed by atoms with Crippen molar-refractivity contribution in [3.8, 4) is 0 Å². The van der Waals surface area contributed by atoms with Crippen LogP contribution in [0.2, 0.25) is 0 Å². The third-order valence-corrected chi connectivity index (χ3v) is 0.969. The van der Waals surface area contributed by atoms with Crippen molar-refractivity contribution in [1.82, 2.24) is 0 Å². The highest BCUT2D eigenvalue weighted by Gasteiger charge is 2.18. The van der Waals surface area contributed by atoms with E-state index in [9.17, 15) is 4.79 Å². The number of hydrogen-bond acceptors (Lipinski definition) is 2. The van der Waals surface area contributed by atoms with Crippen LogP contribution in [0.3, 0.4) is 0 Å². The summed E-state index contributed by atoms with van der Waals surface area (Å²) < 4.78 is 4.57. The zero-order valence-electron chi connectivity index (χ0n) is 6.41. The van der Waals surface area contributed by atoms with E-state index in [-0.39, 0.29) is 18.7 Å². The Labute approximate surface area is 65.1 Å². The second-order valence-corrected chi connectivity index (χ2v) is 1.76. The Morgan fingerprint density at radius 2 is 2.45 bits per heavy atom. The fourth-order valence-electron chi connectivity index (χ4n) is 0.516. The van der Waals surface area contributed by atoms with Gasteiger partial charge in [0.15, 0.2) is 0 Å². The lowest BCUT2D eigenvalue weighted by Crippen LogP contribution is -2.17. The van der Waals surface area contributed by atoms with Gasteiger partial charge in [-0.2, -0.15) is 4.79 Å². The van der Waals surface area contributed by atoms with Crippen molar-refractivity contribution in [1.29, 1.82) is 0 Å². The molecule has 11 heavy (non-hydrogen) atoms. The molecule has 0 fully saturated rings. The molecule has 0 unspecified atom stereocenters. The number of nitrogens with zero attached hydrogens (tertiary/aromatic N) is 2. The van der Waals surface area contributed by atoms with E-state index in [1.807, 2.05) is 0 Å². The van der Waals surface area contributed by atoms with Crippen molar-refractivity contribution in [3.05, 3.63) is 18.2 Å². The summed E-state index contributed by atoms with van der Waals surface area (Å²) >= 11 is 0. The molecule has 0 amide bonds. The Morgan fingerprint density at radius 1 is 1.82 bits per heavy atom. The van der Waals surface area contributed by atoms with Crippen LogP contribution in [-0.4, -0.2) is 23.1 Å². The van der Waals surface area contributed by atoms with Crippen LogP contribution >= 0.6 is 0 Å². The van der Waals surface area contributed by atoms with Gasteiger partial charge in [-0.3, -0.25) is 0 Å². The molecule has 0 aromatic rings. The van der Waals surface area contributed by atoms with Crippen LogP contribution in [0.25, 0.3) is 5.53 Å². The number of hydrogen-bond donors (Lipinski definition) is 0. The summed E-state index contributed by atoms with van der Waals surface area (Å²) in [6, 6.07) is 0. The highest BCUT2D eigenvalue weighted by Crippen LogP contribution is 1.87. The minimum Gasteiger partial charge on any atom is -0.457 e. The number of ether oxygens (including phenoxy) is 1. The normalized spacial score (nSPS) is 8.09. The average Bonchev–Trinajstić information content (AvgIpc) is 2.00. The van der Waals surface area contributed by atoms with Gasteiger partial charge in [0.2, 0.25) is 0 Å². The summed E-state index contributed by atoms with van der Waals surface area (Å²) in [5.74, 6) is -0.602. The zero-order valence-corrected chi connectivity index (χ0v) is 6.41. The highest BCUT2D eigenvalue weighted by molar-refractivity contribution is 6.34. The SMILES string of the molecule is C=CCC(=[N+]=[N-])C(=O)OCC. The quantitative estimate of drug-likeness (QED) is 0.197. The summed E-state index contributed by atoms with van der Waals surface area (Å²) in [6.45, 7) is 5.35. The van der Waals surface area contributed by atoms with Crippen LogP contribution in [0, 0.1) is 0 Å². The highest BCUT2D eigenvalue weighted by atomic mass is 16.5. The van der Waals surface area contributed by atoms with Gasteiger partial charge < -0.3 is 10.3 Å². The first-order valence-corrected chi connectivity index (χ1v) is 3.25. The fourth-order valence-corrected chi connectivity index (χ4v) is 0.516. The van der Waals surface area contributed by atoms with Gasteiger partial charge in [0.25, 0.3) is 0 Å². The molecule has 0 spiro atoms. The Balaban J connectivity index is 4.16. The lowest BCUT2D eigenvalue weighted by Gasteiger charge is -1.93. The van der Waals surface area contributed by atoms with Crippen molar-refractivity contribution in [2.45, 2.75) is 13.3 Å². The molecule has 0 aliphatic rings. The molecule has 0 atom stereocenters. The molecule has 0 saturated carbocycles. The van der Waals surface area contributed by atoms with Crippen LogP contribution in [0.4, 0.5) is 0 Å². The van der Waals surface area contributed by atoms with Crippen LogP contribution in [0.15, 0.2) is 12.7 Å². The standard InChI is InChI=1S/C7H10N2O2/c1-3-5-6(9-8)7(10)11-4-2/h3H,1,4-5H2,2H3. The lowest BCUT2D eigenvalue weighted by atomic mass is 10.3. The summed E-state index contributed by atoms with van der Waals surface area (Å²) in [5.41, 5.74) is 8.27. The van der Waals surface area contributed by atoms with Crippen molar-refractivity contribution < 1.29 is 14.3 Å². The van der Waals surface area contributed by atoms with Crippen molar-refractivity contribution in [2.24, 2.45) is 0 Å². The smallest absolute Gasteiger partial charge is 0.417 e. The van der Waals surface area contributed by atoms with E-state index in [1.54, 1.807) is 6.92 Å². The van der Waals surface area contributed by atoms with E-state index in [1.165, 1.54) is 6.08 Å². The Hall–Kier alpha value is -1.41. The first-order valence-electron chi connectivity index (χ1n) is 3.25. The molecule has 4 heteroatoms.